The van der Waals surface area contributed by atoms with Gasteiger partial charge in [0.15, 0.2) is 11.5 Å². The lowest BCUT2D eigenvalue weighted by atomic mass is 10.2. The first-order valence-corrected chi connectivity index (χ1v) is 8.61. The van der Waals surface area contributed by atoms with E-state index in [2.05, 4.69) is 20.7 Å². The fourth-order valence-electron chi connectivity index (χ4n) is 2.95. The highest BCUT2D eigenvalue weighted by molar-refractivity contribution is 6.01. The molecule has 2 amide bonds. The molecule has 0 bridgehead atoms. The molecule has 3 heterocycles. The van der Waals surface area contributed by atoms with Crippen LogP contribution < -0.4 is 15.4 Å². The third kappa shape index (κ3) is 3.51. The normalized spacial score (nSPS) is 16.4. The molecule has 156 valence electrons. The van der Waals surface area contributed by atoms with Crippen LogP contribution in [0.15, 0.2) is 30.3 Å². The van der Waals surface area contributed by atoms with Gasteiger partial charge >= 0.3 is 6.18 Å². The second-order valence-corrected chi connectivity index (χ2v) is 6.56. The van der Waals surface area contributed by atoms with Gasteiger partial charge in [0, 0.05) is 0 Å². The largest absolute Gasteiger partial charge is 0.489 e. The van der Waals surface area contributed by atoms with Crippen LogP contribution in [0.3, 0.4) is 0 Å². The minimum absolute atomic E-state index is 0.0956. The molecule has 0 unspecified atom stereocenters. The highest BCUT2D eigenvalue weighted by Gasteiger charge is 2.35. The number of carbonyl (C=O) groups is 2. The first-order chi connectivity index (χ1) is 14.1. The van der Waals surface area contributed by atoms with Gasteiger partial charge in [-0.25, -0.2) is 13.9 Å². The van der Waals surface area contributed by atoms with Gasteiger partial charge in [-0.1, -0.05) is 6.07 Å². The van der Waals surface area contributed by atoms with Crippen LogP contribution in [0.4, 0.5) is 23.2 Å². The van der Waals surface area contributed by atoms with E-state index < -0.39 is 41.4 Å². The highest BCUT2D eigenvalue weighted by atomic mass is 19.4. The third-order valence-corrected chi connectivity index (χ3v) is 4.33. The summed E-state index contributed by atoms with van der Waals surface area (Å²) in [4.78, 5) is 28.6. The second-order valence-electron chi connectivity index (χ2n) is 6.56. The molecule has 4 rings (SSSR count). The number of nitrogens with one attached hydrogen (secondary N) is 2. The Bertz CT molecular complexity index is 1170. The topological polar surface area (TPSA) is 97.6 Å². The van der Waals surface area contributed by atoms with Crippen LogP contribution in [0.25, 0.3) is 5.65 Å². The highest BCUT2D eigenvalue weighted by Crippen LogP contribution is 2.31. The molecule has 1 atom stereocenters. The lowest BCUT2D eigenvalue weighted by Gasteiger charge is -2.13. The molecular formula is C18H13F4N5O3. The number of hydrogen-bond acceptors (Lipinski definition) is 5. The van der Waals surface area contributed by atoms with Gasteiger partial charge in [0.1, 0.15) is 29.8 Å². The van der Waals surface area contributed by atoms with Crippen molar-refractivity contribution in [2.75, 3.05) is 11.9 Å². The smallest absolute Gasteiger partial charge is 0.433 e. The fraction of sp³-hybridized carbons (Fsp3) is 0.222. The monoisotopic (exact) mass is 423 g/mol. The summed E-state index contributed by atoms with van der Waals surface area (Å²) in [6, 6.07) is 4.66. The molecule has 0 saturated heterocycles. The molecule has 3 aromatic rings. The number of alkyl halides is 3. The van der Waals surface area contributed by atoms with Gasteiger partial charge in [-0.3, -0.25) is 9.59 Å². The number of anilines is 1. The summed E-state index contributed by atoms with van der Waals surface area (Å²) in [7, 11) is 0. The van der Waals surface area contributed by atoms with Crippen LogP contribution in [0.1, 0.15) is 21.9 Å². The Hall–Kier alpha value is -3.70. The van der Waals surface area contributed by atoms with E-state index in [0.29, 0.717) is 10.1 Å². The van der Waals surface area contributed by atoms with Crippen LogP contribution in [-0.4, -0.2) is 39.1 Å². The van der Waals surface area contributed by atoms with Crippen molar-refractivity contribution in [3.05, 3.63) is 53.2 Å². The van der Waals surface area contributed by atoms with Gasteiger partial charge in [-0.05, 0) is 36.8 Å². The number of aryl methyl sites for hydroxylation is 1. The summed E-state index contributed by atoms with van der Waals surface area (Å²) in [5.74, 6) is -2.92. The zero-order chi connectivity index (χ0) is 21.6. The molecule has 30 heavy (non-hydrogen) atoms. The molecule has 2 N–H and O–H groups in total. The minimum Gasteiger partial charge on any atom is -0.489 e. The van der Waals surface area contributed by atoms with E-state index in [9.17, 15) is 27.2 Å². The van der Waals surface area contributed by atoms with Crippen LogP contribution in [0.2, 0.25) is 0 Å². The van der Waals surface area contributed by atoms with E-state index in [0.717, 1.165) is 12.1 Å². The minimum atomic E-state index is -4.70. The van der Waals surface area contributed by atoms with Crippen molar-refractivity contribution in [3.8, 4) is 5.75 Å². The summed E-state index contributed by atoms with van der Waals surface area (Å²) >= 11 is 0. The van der Waals surface area contributed by atoms with Crippen molar-refractivity contribution >= 4 is 23.1 Å². The molecule has 0 radical (unpaired) electrons. The van der Waals surface area contributed by atoms with Gasteiger partial charge in [0.2, 0.25) is 5.82 Å². The lowest BCUT2D eigenvalue weighted by Crippen LogP contribution is -2.46. The van der Waals surface area contributed by atoms with Gasteiger partial charge in [-0.2, -0.15) is 13.2 Å². The number of benzene rings is 1. The molecule has 2 aromatic heterocycles. The quantitative estimate of drug-likeness (QED) is 0.617. The summed E-state index contributed by atoms with van der Waals surface area (Å²) in [6.07, 6.45) is -4.70. The predicted molar refractivity (Wildman–Crippen MR) is 94.5 cm³/mol. The molecular weight excluding hydrogens is 410 g/mol. The summed E-state index contributed by atoms with van der Waals surface area (Å²) in [5.41, 5.74) is -0.898. The van der Waals surface area contributed by atoms with E-state index in [1.54, 1.807) is 6.92 Å². The molecule has 8 nitrogen and oxygen atoms in total. The summed E-state index contributed by atoms with van der Waals surface area (Å²) in [6.45, 7) is 1.32. The average Bonchev–Trinajstić information content (AvgIpc) is 3.04. The Morgan fingerprint density at radius 1 is 1.33 bits per heavy atom. The van der Waals surface area contributed by atoms with E-state index in [1.807, 2.05) is 0 Å². The maximum absolute atomic E-state index is 14.1. The molecule has 0 aliphatic carbocycles. The first kappa shape index (κ1) is 19.6. The van der Waals surface area contributed by atoms with Crippen LogP contribution >= 0.6 is 0 Å². The number of pyridine rings is 1. The number of carbonyl (C=O) groups excluding carboxylic acids is 2. The van der Waals surface area contributed by atoms with E-state index in [1.165, 1.54) is 18.2 Å². The lowest BCUT2D eigenvalue weighted by molar-refractivity contribution is -0.142. The number of fused-ring (bicyclic) bond motifs is 2. The fourth-order valence-corrected chi connectivity index (χ4v) is 2.95. The number of aromatic nitrogens is 3. The molecule has 1 aromatic carbocycles. The van der Waals surface area contributed by atoms with E-state index in [4.69, 9.17) is 4.74 Å². The van der Waals surface area contributed by atoms with Crippen molar-refractivity contribution in [1.82, 2.24) is 19.9 Å². The second kappa shape index (κ2) is 6.97. The number of halogens is 4. The Labute approximate surface area is 165 Å². The molecule has 0 saturated carbocycles. The van der Waals surface area contributed by atoms with Crippen molar-refractivity contribution in [1.29, 1.82) is 0 Å². The maximum Gasteiger partial charge on any atom is 0.433 e. The van der Waals surface area contributed by atoms with Gasteiger partial charge in [-0.15, -0.1) is 5.10 Å². The van der Waals surface area contributed by atoms with E-state index >= 15 is 0 Å². The SMILES string of the molecule is Cc1cc(F)c2c(c1)OC[C@H](NC(=O)c1nc3cccc(C(F)(F)F)n3n1)C(=O)N2. The number of amides is 2. The maximum atomic E-state index is 14.1. The van der Waals surface area contributed by atoms with Crippen molar-refractivity contribution in [3.63, 3.8) is 0 Å². The zero-order valence-corrected chi connectivity index (χ0v) is 15.2. The van der Waals surface area contributed by atoms with Crippen LogP contribution in [-0.2, 0) is 11.0 Å². The van der Waals surface area contributed by atoms with Gasteiger partial charge in [0.25, 0.3) is 11.8 Å². The molecule has 1 aliphatic heterocycles. The Morgan fingerprint density at radius 2 is 2.10 bits per heavy atom. The number of rotatable bonds is 2. The molecule has 0 fully saturated rings. The van der Waals surface area contributed by atoms with E-state index in [-0.39, 0.29) is 23.7 Å². The summed E-state index contributed by atoms with van der Waals surface area (Å²) < 4.78 is 59.3. The third-order valence-electron chi connectivity index (χ3n) is 4.33. The number of ether oxygens (including phenoxy) is 1. The van der Waals surface area contributed by atoms with Crippen LogP contribution in [0.5, 0.6) is 5.75 Å². The number of nitrogens with zero attached hydrogens (tertiary/aromatic N) is 3. The molecule has 0 spiro atoms. The van der Waals surface area contributed by atoms with Gasteiger partial charge in [0.05, 0.1) is 0 Å². The Balaban J connectivity index is 1.57. The van der Waals surface area contributed by atoms with Gasteiger partial charge < -0.3 is 15.4 Å². The summed E-state index contributed by atoms with van der Waals surface area (Å²) in [5, 5.41) is 8.23. The predicted octanol–water partition coefficient (Wildman–Crippen LogP) is 2.33. The van der Waals surface area contributed by atoms with Crippen molar-refractivity contribution in [2.45, 2.75) is 19.1 Å². The van der Waals surface area contributed by atoms with Crippen molar-refractivity contribution < 1.29 is 31.9 Å². The Kier molecular flexibility index (Phi) is 4.56. The molecule has 1 aliphatic rings. The standard InChI is InChI=1S/C18H13F4N5O3/c1-8-5-9(19)14-11(6-8)30-7-10(16(28)25-14)23-17(29)15-24-13-4-2-3-12(18(20,21)22)27(13)26-15/h2-6,10H,7H2,1H3,(H,23,29)(H,25,28)/t10-/m0/s1. The Morgan fingerprint density at radius 3 is 2.83 bits per heavy atom. The zero-order valence-electron chi connectivity index (χ0n) is 15.2. The first-order valence-electron chi connectivity index (χ1n) is 8.61. The average molecular weight is 423 g/mol. The molecule has 12 heteroatoms. The van der Waals surface area contributed by atoms with Crippen molar-refractivity contribution in [2.24, 2.45) is 0 Å². The van der Waals surface area contributed by atoms with Crippen LogP contribution in [0, 0.1) is 12.7 Å². The number of hydrogen-bond donors (Lipinski definition) is 2.